The molecular formula is C13H15F2NO. The Bertz CT molecular complexity index is 424. The number of alkyl halides is 2. The number of rotatable bonds is 5. The van der Waals surface area contributed by atoms with Gasteiger partial charge in [-0.15, -0.1) is 0 Å². The molecule has 0 heterocycles. The third-order valence-corrected chi connectivity index (χ3v) is 2.63. The number of hydrogen-bond donors (Lipinski definition) is 0. The van der Waals surface area contributed by atoms with E-state index in [4.69, 9.17) is 10.00 Å². The van der Waals surface area contributed by atoms with Gasteiger partial charge in [-0.3, -0.25) is 0 Å². The fourth-order valence-corrected chi connectivity index (χ4v) is 1.64. The van der Waals surface area contributed by atoms with Crippen LogP contribution in [-0.4, -0.2) is 7.11 Å². The first kappa shape index (κ1) is 13.4. The first-order chi connectivity index (χ1) is 8.05. The highest BCUT2D eigenvalue weighted by Gasteiger charge is 2.31. The molecule has 17 heavy (non-hydrogen) atoms. The van der Waals surface area contributed by atoms with E-state index in [-0.39, 0.29) is 12.0 Å². The number of ether oxygens (including phenoxy) is 1. The Morgan fingerprint density at radius 1 is 1.41 bits per heavy atom. The summed E-state index contributed by atoms with van der Waals surface area (Å²) in [6.07, 6.45) is 0.0326. The Balaban J connectivity index is 3.03. The molecule has 0 spiro atoms. The lowest BCUT2D eigenvalue weighted by molar-refractivity contribution is -0.0120. The summed E-state index contributed by atoms with van der Waals surface area (Å²) in [4.78, 5) is 0. The van der Waals surface area contributed by atoms with Crippen molar-refractivity contribution >= 4 is 0 Å². The van der Waals surface area contributed by atoms with Crippen LogP contribution in [0, 0.1) is 11.3 Å². The van der Waals surface area contributed by atoms with Crippen LogP contribution in [0.3, 0.4) is 0 Å². The second kappa shape index (κ2) is 5.62. The summed E-state index contributed by atoms with van der Waals surface area (Å²) in [6, 6.07) is 6.10. The molecule has 0 unspecified atom stereocenters. The van der Waals surface area contributed by atoms with Crippen LogP contribution < -0.4 is 4.74 Å². The summed E-state index contributed by atoms with van der Waals surface area (Å²) in [7, 11) is 1.52. The van der Waals surface area contributed by atoms with Crippen molar-refractivity contribution in [3.63, 3.8) is 0 Å². The zero-order chi connectivity index (χ0) is 12.9. The van der Waals surface area contributed by atoms with Gasteiger partial charge >= 0.3 is 0 Å². The zero-order valence-corrected chi connectivity index (χ0v) is 9.96. The van der Waals surface area contributed by atoms with E-state index in [1.54, 1.807) is 12.1 Å². The van der Waals surface area contributed by atoms with E-state index < -0.39 is 12.3 Å². The van der Waals surface area contributed by atoms with Gasteiger partial charge in [0.2, 0.25) is 0 Å². The van der Waals surface area contributed by atoms with Gasteiger partial charge in [-0.05, 0) is 30.2 Å². The Kier molecular flexibility index (Phi) is 4.45. The average molecular weight is 239 g/mol. The fourth-order valence-electron chi connectivity index (χ4n) is 1.64. The molecule has 0 fully saturated rings. The molecule has 1 aromatic carbocycles. The lowest BCUT2D eigenvalue weighted by Crippen LogP contribution is -2.13. The minimum Gasteiger partial charge on any atom is -0.496 e. The number of nitrogens with zero attached hydrogens (tertiary/aromatic N) is 1. The van der Waals surface area contributed by atoms with E-state index in [0.717, 1.165) is 5.56 Å². The number of methoxy groups -OCH3 is 1. The van der Waals surface area contributed by atoms with Crippen LogP contribution in [0.25, 0.3) is 0 Å². The third kappa shape index (κ3) is 3.16. The standard InChI is InChI=1S/C13H15F2NO/c1-3-10-9-11(5-6-12(10)17-2)13(14,15)7-4-8-16/h5-6,9H,3-4,7H2,1-2H3. The van der Waals surface area contributed by atoms with Gasteiger partial charge in [0, 0.05) is 18.4 Å². The summed E-state index contributed by atoms with van der Waals surface area (Å²) in [5.74, 6) is -2.33. The van der Waals surface area contributed by atoms with Gasteiger partial charge < -0.3 is 4.74 Å². The molecule has 1 aromatic rings. The summed E-state index contributed by atoms with van der Waals surface area (Å²) >= 11 is 0. The summed E-state index contributed by atoms with van der Waals surface area (Å²) in [5.41, 5.74) is 0.701. The molecule has 4 heteroatoms. The number of aryl methyl sites for hydroxylation is 1. The fraction of sp³-hybridized carbons (Fsp3) is 0.462. The average Bonchev–Trinajstić information content (AvgIpc) is 2.35. The maximum absolute atomic E-state index is 13.7. The second-order valence-electron chi connectivity index (χ2n) is 3.74. The first-order valence-corrected chi connectivity index (χ1v) is 5.47. The Morgan fingerprint density at radius 2 is 2.12 bits per heavy atom. The molecule has 0 saturated heterocycles. The van der Waals surface area contributed by atoms with Gasteiger partial charge in [-0.25, -0.2) is 8.78 Å². The van der Waals surface area contributed by atoms with Crippen LogP contribution in [-0.2, 0) is 12.3 Å². The summed E-state index contributed by atoms with van der Waals surface area (Å²) in [6.45, 7) is 1.88. The molecule has 0 saturated carbocycles. The van der Waals surface area contributed by atoms with Crippen molar-refractivity contribution in [2.24, 2.45) is 0 Å². The molecule has 1 rings (SSSR count). The van der Waals surface area contributed by atoms with Crippen LogP contribution >= 0.6 is 0 Å². The summed E-state index contributed by atoms with van der Waals surface area (Å²) in [5, 5.41) is 8.36. The van der Waals surface area contributed by atoms with E-state index in [1.807, 2.05) is 6.92 Å². The van der Waals surface area contributed by atoms with Crippen LogP contribution in [0.2, 0.25) is 0 Å². The van der Waals surface area contributed by atoms with Crippen molar-refractivity contribution in [3.8, 4) is 11.8 Å². The second-order valence-corrected chi connectivity index (χ2v) is 3.74. The van der Waals surface area contributed by atoms with Crippen molar-refractivity contribution in [2.45, 2.75) is 32.1 Å². The van der Waals surface area contributed by atoms with Crippen LogP contribution in [0.5, 0.6) is 5.75 Å². The van der Waals surface area contributed by atoms with Gasteiger partial charge in [-0.2, -0.15) is 5.26 Å². The van der Waals surface area contributed by atoms with E-state index in [9.17, 15) is 8.78 Å². The maximum atomic E-state index is 13.7. The quantitative estimate of drug-likeness (QED) is 0.785. The van der Waals surface area contributed by atoms with Gasteiger partial charge in [0.25, 0.3) is 5.92 Å². The largest absolute Gasteiger partial charge is 0.496 e. The van der Waals surface area contributed by atoms with Gasteiger partial charge in [0.1, 0.15) is 5.75 Å². The first-order valence-electron chi connectivity index (χ1n) is 5.47. The van der Waals surface area contributed by atoms with Gasteiger partial charge in [0.15, 0.2) is 0 Å². The highest BCUT2D eigenvalue weighted by atomic mass is 19.3. The Morgan fingerprint density at radius 3 is 2.65 bits per heavy atom. The molecule has 0 bridgehead atoms. The monoisotopic (exact) mass is 239 g/mol. The number of benzene rings is 1. The molecule has 0 N–H and O–H groups in total. The van der Waals surface area contributed by atoms with Crippen LogP contribution in [0.1, 0.15) is 30.9 Å². The minimum atomic E-state index is -2.95. The molecular weight excluding hydrogens is 224 g/mol. The number of halogens is 2. The summed E-state index contributed by atoms with van der Waals surface area (Å²) < 4.78 is 32.5. The van der Waals surface area contributed by atoms with E-state index >= 15 is 0 Å². The molecule has 0 radical (unpaired) electrons. The molecule has 2 nitrogen and oxygen atoms in total. The predicted molar refractivity (Wildman–Crippen MR) is 61.1 cm³/mol. The van der Waals surface area contributed by atoms with E-state index in [2.05, 4.69) is 0 Å². The van der Waals surface area contributed by atoms with Crippen molar-refractivity contribution in [2.75, 3.05) is 7.11 Å². The van der Waals surface area contributed by atoms with Crippen LogP contribution in [0.4, 0.5) is 8.78 Å². The molecule has 0 aliphatic carbocycles. The molecule has 92 valence electrons. The number of nitriles is 1. The highest BCUT2D eigenvalue weighted by molar-refractivity contribution is 5.38. The lowest BCUT2D eigenvalue weighted by atomic mass is 10.00. The Labute approximate surface area is 99.8 Å². The third-order valence-electron chi connectivity index (χ3n) is 2.63. The maximum Gasteiger partial charge on any atom is 0.274 e. The zero-order valence-electron chi connectivity index (χ0n) is 9.96. The van der Waals surface area contributed by atoms with Crippen molar-refractivity contribution in [1.29, 1.82) is 5.26 Å². The van der Waals surface area contributed by atoms with E-state index in [1.165, 1.54) is 19.2 Å². The van der Waals surface area contributed by atoms with E-state index in [0.29, 0.717) is 12.2 Å². The molecule has 0 aliphatic heterocycles. The molecule has 0 atom stereocenters. The molecule has 0 aromatic heterocycles. The van der Waals surface area contributed by atoms with Crippen molar-refractivity contribution in [1.82, 2.24) is 0 Å². The minimum absolute atomic E-state index is 0.0506. The molecule has 0 amide bonds. The Hall–Kier alpha value is -1.63. The van der Waals surface area contributed by atoms with Crippen molar-refractivity contribution < 1.29 is 13.5 Å². The topological polar surface area (TPSA) is 33.0 Å². The van der Waals surface area contributed by atoms with Crippen LogP contribution in [0.15, 0.2) is 18.2 Å². The SMILES string of the molecule is CCc1cc(C(F)(F)CCC#N)ccc1OC. The lowest BCUT2D eigenvalue weighted by Gasteiger charge is -2.17. The van der Waals surface area contributed by atoms with Crippen molar-refractivity contribution in [3.05, 3.63) is 29.3 Å². The molecule has 0 aliphatic rings. The highest BCUT2D eigenvalue weighted by Crippen LogP contribution is 2.35. The number of hydrogen-bond acceptors (Lipinski definition) is 2. The van der Waals surface area contributed by atoms with Gasteiger partial charge in [-0.1, -0.05) is 6.92 Å². The smallest absolute Gasteiger partial charge is 0.274 e. The normalized spacial score (nSPS) is 11.0. The van der Waals surface area contributed by atoms with Gasteiger partial charge in [0.05, 0.1) is 13.2 Å². The predicted octanol–water partition coefficient (Wildman–Crippen LogP) is 3.65.